The molecule has 2 N–H and O–H groups in total. The van der Waals surface area contributed by atoms with E-state index in [1.165, 1.54) is 0 Å². The van der Waals surface area contributed by atoms with Crippen molar-refractivity contribution in [1.82, 2.24) is 10.3 Å². The SMILES string of the molecule is C#CCC(NC(=O)Cc1ccccn1)C(=O)O. The zero-order valence-corrected chi connectivity index (χ0v) is 9.09. The van der Waals surface area contributed by atoms with E-state index in [0.717, 1.165) is 0 Å². The van der Waals surface area contributed by atoms with Crippen molar-refractivity contribution in [3.05, 3.63) is 30.1 Å². The zero-order valence-electron chi connectivity index (χ0n) is 9.09. The van der Waals surface area contributed by atoms with Gasteiger partial charge in [0.1, 0.15) is 6.04 Å². The van der Waals surface area contributed by atoms with E-state index in [9.17, 15) is 9.59 Å². The average molecular weight is 232 g/mol. The molecule has 0 bridgehead atoms. The smallest absolute Gasteiger partial charge is 0.327 e. The molecule has 1 unspecified atom stereocenters. The fraction of sp³-hybridized carbons (Fsp3) is 0.250. The molecule has 88 valence electrons. The lowest BCUT2D eigenvalue weighted by molar-refractivity contribution is -0.141. The number of aliphatic carboxylic acids is 1. The van der Waals surface area contributed by atoms with E-state index in [1.807, 2.05) is 0 Å². The van der Waals surface area contributed by atoms with Gasteiger partial charge in [-0.15, -0.1) is 12.3 Å². The number of carbonyl (C=O) groups is 2. The van der Waals surface area contributed by atoms with Gasteiger partial charge in [-0.2, -0.15) is 0 Å². The molecule has 1 aromatic heterocycles. The highest BCUT2D eigenvalue weighted by Gasteiger charge is 2.18. The number of carboxylic acids is 1. The molecule has 0 aliphatic carbocycles. The Morgan fingerprint density at radius 2 is 2.29 bits per heavy atom. The van der Waals surface area contributed by atoms with E-state index in [1.54, 1.807) is 24.4 Å². The summed E-state index contributed by atoms with van der Waals surface area (Å²) >= 11 is 0. The van der Waals surface area contributed by atoms with E-state index >= 15 is 0 Å². The quantitative estimate of drug-likeness (QED) is 0.711. The van der Waals surface area contributed by atoms with Crippen LogP contribution in [-0.4, -0.2) is 28.0 Å². The highest BCUT2D eigenvalue weighted by Crippen LogP contribution is 1.97. The van der Waals surface area contributed by atoms with Gasteiger partial charge in [-0.05, 0) is 12.1 Å². The highest BCUT2D eigenvalue weighted by atomic mass is 16.4. The summed E-state index contributed by atoms with van der Waals surface area (Å²) in [6.07, 6.45) is 6.59. The van der Waals surface area contributed by atoms with E-state index in [4.69, 9.17) is 11.5 Å². The van der Waals surface area contributed by atoms with E-state index < -0.39 is 17.9 Å². The summed E-state index contributed by atoms with van der Waals surface area (Å²) < 4.78 is 0. The Morgan fingerprint density at radius 1 is 1.53 bits per heavy atom. The topological polar surface area (TPSA) is 79.3 Å². The number of aromatic nitrogens is 1. The second-order valence-corrected chi connectivity index (χ2v) is 3.36. The normalized spacial score (nSPS) is 11.2. The highest BCUT2D eigenvalue weighted by molar-refractivity contribution is 5.84. The van der Waals surface area contributed by atoms with Crippen LogP contribution in [-0.2, 0) is 16.0 Å². The van der Waals surface area contributed by atoms with Crippen molar-refractivity contribution in [3.8, 4) is 12.3 Å². The number of pyridine rings is 1. The largest absolute Gasteiger partial charge is 0.480 e. The predicted molar refractivity (Wildman–Crippen MR) is 61.0 cm³/mol. The molecule has 0 aliphatic heterocycles. The van der Waals surface area contributed by atoms with Gasteiger partial charge < -0.3 is 10.4 Å². The third-order valence-electron chi connectivity index (χ3n) is 2.02. The molecular weight excluding hydrogens is 220 g/mol. The van der Waals surface area contributed by atoms with Gasteiger partial charge in [0.05, 0.1) is 6.42 Å². The number of nitrogens with one attached hydrogen (secondary N) is 1. The van der Waals surface area contributed by atoms with Gasteiger partial charge >= 0.3 is 5.97 Å². The molecule has 17 heavy (non-hydrogen) atoms. The molecule has 1 aromatic rings. The van der Waals surface area contributed by atoms with E-state index in [0.29, 0.717) is 5.69 Å². The molecule has 0 fully saturated rings. The van der Waals surface area contributed by atoms with E-state index in [-0.39, 0.29) is 12.8 Å². The van der Waals surface area contributed by atoms with Gasteiger partial charge in [0.2, 0.25) is 5.91 Å². The summed E-state index contributed by atoms with van der Waals surface area (Å²) in [5.41, 5.74) is 0.579. The molecule has 1 amide bonds. The van der Waals surface area contributed by atoms with E-state index in [2.05, 4.69) is 16.2 Å². The van der Waals surface area contributed by atoms with Crippen molar-refractivity contribution in [1.29, 1.82) is 0 Å². The lowest BCUT2D eigenvalue weighted by Crippen LogP contribution is -2.41. The molecule has 1 atom stereocenters. The minimum atomic E-state index is -1.14. The number of carbonyl (C=O) groups excluding carboxylic acids is 1. The number of terminal acetylenes is 1. The lowest BCUT2D eigenvalue weighted by atomic mass is 10.2. The average Bonchev–Trinajstić information content (AvgIpc) is 2.29. The first kappa shape index (κ1) is 12.7. The first-order valence-corrected chi connectivity index (χ1v) is 4.99. The second kappa shape index (κ2) is 6.28. The molecule has 5 nitrogen and oxygen atoms in total. The first-order valence-electron chi connectivity index (χ1n) is 4.99. The summed E-state index contributed by atoms with van der Waals surface area (Å²) in [5, 5.41) is 11.1. The molecular formula is C12H12N2O3. The third-order valence-corrected chi connectivity index (χ3v) is 2.02. The summed E-state index contributed by atoms with van der Waals surface area (Å²) in [4.78, 5) is 26.2. The predicted octanol–water partition coefficient (Wildman–Crippen LogP) is 0.217. The maximum Gasteiger partial charge on any atom is 0.327 e. The molecule has 5 heteroatoms. The van der Waals surface area contributed by atoms with Crippen LogP contribution in [0.1, 0.15) is 12.1 Å². The fourth-order valence-corrected chi connectivity index (χ4v) is 1.23. The van der Waals surface area contributed by atoms with Crippen LogP contribution < -0.4 is 5.32 Å². The van der Waals surface area contributed by atoms with Gasteiger partial charge in [-0.25, -0.2) is 4.79 Å². The van der Waals surface area contributed by atoms with Crippen LogP contribution in [0.5, 0.6) is 0 Å². The van der Waals surface area contributed by atoms with Crippen molar-refractivity contribution >= 4 is 11.9 Å². The number of amides is 1. The van der Waals surface area contributed by atoms with Gasteiger partial charge in [0.15, 0.2) is 0 Å². The van der Waals surface area contributed by atoms with Crippen LogP contribution in [0.25, 0.3) is 0 Å². The number of carboxylic acid groups (broad SMARTS) is 1. The van der Waals surface area contributed by atoms with Crippen LogP contribution in [0.2, 0.25) is 0 Å². The summed E-state index contributed by atoms with van der Waals surface area (Å²) in [5.74, 6) is 0.655. The minimum Gasteiger partial charge on any atom is -0.480 e. The van der Waals surface area contributed by atoms with Crippen molar-refractivity contribution in [2.24, 2.45) is 0 Å². The monoisotopic (exact) mass is 232 g/mol. The Hall–Kier alpha value is -2.35. The first-order chi connectivity index (χ1) is 8.13. The van der Waals surface area contributed by atoms with Crippen LogP contribution in [0, 0.1) is 12.3 Å². The van der Waals surface area contributed by atoms with Crippen molar-refractivity contribution < 1.29 is 14.7 Å². The molecule has 1 rings (SSSR count). The Morgan fingerprint density at radius 3 is 2.82 bits per heavy atom. The zero-order chi connectivity index (χ0) is 12.7. The second-order valence-electron chi connectivity index (χ2n) is 3.36. The van der Waals surface area contributed by atoms with Crippen molar-refractivity contribution in [2.75, 3.05) is 0 Å². The molecule has 0 saturated carbocycles. The van der Waals surface area contributed by atoms with Gasteiger partial charge in [0.25, 0.3) is 0 Å². The third kappa shape index (κ3) is 4.34. The maximum absolute atomic E-state index is 11.5. The number of hydrogen-bond donors (Lipinski definition) is 2. The van der Waals surface area contributed by atoms with Crippen LogP contribution in [0.3, 0.4) is 0 Å². The molecule has 0 radical (unpaired) electrons. The van der Waals surface area contributed by atoms with Crippen molar-refractivity contribution in [2.45, 2.75) is 18.9 Å². The van der Waals surface area contributed by atoms with Crippen LogP contribution in [0.15, 0.2) is 24.4 Å². The van der Waals surface area contributed by atoms with Gasteiger partial charge in [-0.3, -0.25) is 9.78 Å². The lowest BCUT2D eigenvalue weighted by Gasteiger charge is -2.11. The fourth-order valence-electron chi connectivity index (χ4n) is 1.23. The van der Waals surface area contributed by atoms with Crippen LogP contribution in [0.4, 0.5) is 0 Å². The maximum atomic E-state index is 11.5. The van der Waals surface area contributed by atoms with Gasteiger partial charge in [-0.1, -0.05) is 6.07 Å². The Labute approximate surface area is 98.9 Å². The van der Waals surface area contributed by atoms with Crippen molar-refractivity contribution in [3.63, 3.8) is 0 Å². The number of rotatable bonds is 5. The number of hydrogen-bond acceptors (Lipinski definition) is 3. The molecule has 0 saturated heterocycles. The molecule has 0 aliphatic rings. The summed E-state index contributed by atoms with van der Waals surface area (Å²) in [7, 11) is 0. The molecule has 1 heterocycles. The summed E-state index contributed by atoms with van der Waals surface area (Å²) in [6.45, 7) is 0. The molecule has 0 aromatic carbocycles. The standard InChI is InChI=1S/C12H12N2O3/c1-2-5-10(12(16)17)14-11(15)8-9-6-3-4-7-13-9/h1,3-4,6-7,10H,5,8H2,(H,14,15)(H,16,17). The Bertz CT molecular complexity index is 437. The Kier molecular flexibility index (Phi) is 4.70. The van der Waals surface area contributed by atoms with Gasteiger partial charge in [0, 0.05) is 18.3 Å². The molecule has 0 spiro atoms. The minimum absolute atomic E-state index is 0.0369. The number of nitrogens with zero attached hydrogens (tertiary/aromatic N) is 1. The Balaban J connectivity index is 2.54. The van der Waals surface area contributed by atoms with Crippen LogP contribution >= 0.6 is 0 Å². The summed E-state index contributed by atoms with van der Waals surface area (Å²) in [6, 6.07) is 4.14.